The van der Waals surface area contributed by atoms with E-state index in [-0.39, 0.29) is 35.8 Å². The van der Waals surface area contributed by atoms with Crippen molar-refractivity contribution in [3.63, 3.8) is 0 Å². The van der Waals surface area contributed by atoms with Crippen LogP contribution in [-0.4, -0.2) is 57.2 Å². The minimum Gasteiger partial charge on any atom is -0.496 e. The van der Waals surface area contributed by atoms with Gasteiger partial charge in [0.05, 0.1) is 34.8 Å². The van der Waals surface area contributed by atoms with Gasteiger partial charge in [-0.05, 0) is 42.2 Å². The summed E-state index contributed by atoms with van der Waals surface area (Å²) < 4.78 is 41.2. The second kappa shape index (κ2) is 14.5. The van der Waals surface area contributed by atoms with Crippen LogP contribution in [-0.2, 0) is 25.0 Å². The molecule has 13 heteroatoms. The number of carbonyl (C=O) groups excluding carboxylic acids is 2. The van der Waals surface area contributed by atoms with Gasteiger partial charge in [0, 0.05) is 18.0 Å². The number of nitrogens with zero attached hydrogens (tertiary/aromatic N) is 4. The van der Waals surface area contributed by atoms with Crippen molar-refractivity contribution >= 4 is 33.4 Å². The highest BCUT2D eigenvalue weighted by Crippen LogP contribution is 2.28. The number of alkyl carbamates (subject to hydrolysis) is 1. The van der Waals surface area contributed by atoms with E-state index in [0.717, 1.165) is 6.42 Å². The van der Waals surface area contributed by atoms with Crippen molar-refractivity contribution in [1.29, 1.82) is 0 Å². The number of unbranched alkanes of at least 4 members (excludes halogenated alkanes) is 1. The van der Waals surface area contributed by atoms with E-state index in [1.807, 2.05) is 6.92 Å². The first kappa shape index (κ1) is 31.4. The third-order valence-electron chi connectivity index (χ3n) is 5.81. The molecule has 0 saturated heterocycles. The Morgan fingerprint density at radius 2 is 1.93 bits per heavy atom. The molecule has 0 aliphatic carbocycles. The van der Waals surface area contributed by atoms with Gasteiger partial charge < -0.3 is 20.1 Å². The first-order valence-corrected chi connectivity index (χ1v) is 15.2. The molecule has 220 valence electrons. The summed E-state index contributed by atoms with van der Waals surface area (Å²) in [5, 5.41) is 5.62. The molecule has 2 atom stereocenters. The van der Waals surface area contributed by atoms with E-state index in [2.05, 4.69) is 29.9 Å². The van der Waals surface area contributed by atoms with Crippen LogP contribution in [0, 0.1) is 11.7 Å². The van der Waals surface area contributed by atoms with Crippen molar-refractivity contribution in [1.82, 2.24) is 20.3 Å². The van der Waals surface area contributed by atoms with Gasteiger partial charge in [-0.3, -0.25) is 4.79 Å². The second-order valence-electron chi connectivity index (χ2n) is 9.69. The molecule has 0 fully saturated rings. The molecule has 1 aromatic heterocycles. The highest BCUT2D eigenvalue weighted by molar-refractivity contribution is 7.92. The van der Waals surface area contributed by atoms with Crippen molar-refractivity contribution in [2.24, 2.45) is 10.3 Å². The van der Waals surface area contributed by atoms with Gasteiger partial charge >= 0.3 is 6.09 Å². The lowest BCUT2D eigenvalue weighted by Crippen LogP contribution is -2.44. The standard InChI is InChI=1S/C28H35FN6O5S/c1-6-7-13-40-28(37)33-24(18(2)3)26(36)35-41(5,38)16-19-9-8-10-21(14-19)32-27-31-17-30-25(34-27)22-12-11-20(29)15-23(22)39-4/h8-12,14-15,17-18,24H,6-7,13,16H2,1-5H3,(H,33,37)(H,30,31,32,34)/t24-,41+/m0/s1. The lowest BCUT2D eigenvalue weighted by Gasteiger charge is -2.19. The molecule has 0 saturated carbocycles. The Morgan fingerprint density at radius 1 is 1.15 bits per heavy atom. The van der Waals surface area contributed by atoms with Crippen LogP contribution in [0.3, 0.4) is 0 Å². The molecule has 0 unspecified atom stereocenters. The third-order valence-corrected chi connectivity index (χ3v) is 7.25. The predicted molar refractivity (Wildman–Crippen MR) is 155 cm³/mol. The normalized spacial score (nSPS) is 13.1. The minimum absolute atomic E-state index is 0.00471. The second-order valence-corrected chi connectivity index (χ2v) is 12.1. The smallest absolute Gasteiger partial charge is 0.407 e. The Hall–Kier alpha value is -4.13. The topological polar surface area (TPSA) is 145 Å². The number of anilines is 2. The van der Waals surface area contributed by atoms with E-state index in [1.54, 1.807) is 38.1 Å². The number of halogens is 1. The van der Waals surface area contributed by atoms with Gasteiger partial charge in [-0.2, -0.15) is 9.35 Å². The monoisotopic (exact) mass is 586 g/mol. The Morgan fingerprint density at radius 3 is 2.63 bits per heavy atom. The lowest BCUT2D eigenvalue weighted by atomic mass is 10.0. The average Bonchev–Trinajstić information content (AvgIpc) is 2.91. The summed E-state index contributed by atoms with van der Waals surface area (Å²) in [5.74, 6) is -0.620. The lowest BCUT2D eigenvalue weighted by molar-refractivity contribution is -0.120. The molecular weight excluding hydrogens is 551 g/mol. The van der Waals surface area contributed by atoms with Crippen molar-refractivity contribution in [2.45, 2.75) is 45.4 Å². The van der Waals surface area contributed by atoms with E-state index < -0.39 is 33.6 Å². The van der Waals surface area contributed by atoms with Crippen LogP contribution < -0.4 is 15.4 Å². The number of aromatic nitrogens is 3. The maximum atomic E-state index is 13.6. The summed E-state index contributed by atoms with van der Waals surface area (Å²) in [6, 6.07) is 10.1. The van der Waals surface area contributed by atoms with Gasteiger partial charge in [0.25, 0.3) is 5.91 Å². The molecular formula is C28H35FN6O5S. The van der Waals surface area contributed by atoms with Crippen LogP contribution >= 0.6 is 0 Å². The number of rotatable bonds is 12. The Labute approximate surface area is 239 Å². The molecule has 0 spiro atoms. The van der Waals surface area contributed by atoms with Gasteiger partial charge in [-0.15, -0.1) is 0 Å². The van der Waals surface area contributed by atoms with Gasteiger partial charge in [0.1, 0.15) is 23.9 Å². The maximum Gasteiger partial charge on any atom is 0.407 e. The van der Waals surface area contributed by atoms with Crippen LogP contribution in [0.25, 0.3) is 11.4 Å². The van der Waals surface area contributed by atoms with E-state index in [1.165, 1.54) is 37.9 Å². The fourth-order valence-corrected chi connectivity index (χ4v) is 5.14. The van der Waals surface area contributed by atoms with Crippen molar-refractivity contribution < 1.29 is 27.7 Å². The first-order valence-electron chi connectivity index (χ1n) is 13.1. The zero-order chi connectivity index (χ0) is 30.0. The average molecular weight is 587 g/mol. The largest absolute Gasteiger partial charge is 0.496 e. The number of ether oxygens (including phenoxy) is 2. The van der Waals surface area contributed by atoms with E-state index >= 15 is 0 Å². The third kappa shape index (κ3) is 9.48. The van der Waals surface area contributed by atoms with Gasteiger partial charge in [-0.1, -0.05) is 39.3 Å². The SMILES string of the molecule is CCCCOC(=O)N[C@H](C(=O)N=[S@](C)(=O)Cc1cccc(Nc2ncnc(-c3ccc(F)cc3OC)n2)c1)C(C)C. The quantitative estimate of drug-likeness (QED) is 0.277. The van der Waals surface area contributed by atoms with E-state index in [0.29, 0.717) is 23.2 Å². The molecule has 2 amide bonds. The number of carbonyl (C=O) groups is 2. The van der Waals surface area contributed by atoms with Gasteiger partial charge in [-0.25, -0.2) is 23.4 Å². The molecule has 0 bridgehead atoms. The van der Waals surface area contributed by atoms with Crippen LogP contribution in [0.1, 0.15) is 39.2 Å². The number of hydrogen-bond donors (Lipinski definition) is 2. The van der Waals surface area contributed by atoms with Crippen molar-refractivity contribution in [3.8, 4) is 17.1 Å². The fourth-order valence-electron chi connectivity index (χ4n) is 3.78. The van der Waals surface area contributed by atoms with Crippen LogP contribution in [0.4, 0.5) is 20.8 Å². The van der Waals surface area contributed by atoms with Gasteiger partial charge in [0.15, 0.2) is 5.82 Å². The first-order chi connectivity index (χ1) is 19.5. The number of nitrogens with one attached hydrogen (secondary N) is 2. The summed E-state index contributed by atoms with van der Waals surface area (Å²) in [6.45, 7) is 5.74. The molecule has 0 aliphatic rings. The number of amides is 2. The summed E-state index contributed by atoms with van der Waals surface area (Å²) in [5.41, 5.74) is 1.75. The van der Waals surface area contributed by atoms with E-state index in [9.17, 15) is 18.2 Å². The van der Waals surface area contributed by atoms with Gasteiger partial charge in [0.2, 0.25) is 5.95 Å². The summed E-state index contributed by atoms with van der Waals surface area (Å²) >= 11 is 0. The maximum absolute atomic E-state index is 13.6. The highest BCUT2D eigenvalue weighted by atomic mass is 32.2. The van der Waals surface area contributed by atoms with Crippen LogP contribution in [0.15, 0.2) is 53.2 Å². The molecule has 0 aliphatic heterocycles. The zero-order valence-electron chi connectivity index (χ0n) is 23.7. The molecule has 11 nitrogen and oxygen atoms in total. The molecule has 3 aromatic rings. The highest BCUT2D eigenvalue weighted by Gasteiger charge is 2.26. The van der Waals surface area contributed by atoms with Crippen molar-refractivity contribution in [2.75, 3.05) is 25.3 Å². The summed E-state index contributed by atoms with van der Waals surface area (Å²) in [4.78, 5) is 37.7. The number of methoxy groups -OCH3 is 1. The Kier molecular flexibility index (Phi) is 11.1. The zero-order valence-corrected chi connectivity index (χ0v) is 24.5. The molecule has 2 aromatic carbocycles. The Balaban J connectivity index is 1.74. The number of benzene rings is 2. The Bertz CT molecular complexity index is 1490. The summed E-state index contributed by atoms with van der Waals surface area (Å²) in [7, 11) is -1.56. The molecule has 0 radical (unpaired) electrons. The molecule has 3 rings (SSSR count). The van der Waals surface area contributed by atoms with Crippen LogP contribution in [0.5, 0.6) is 5.75 Å². The van der Waals surface area contributed by atoms with Crippen molar-refractivity contribution in [3.05, 3.63) is 60.2 Å². The minimum atomic E-state index is -2.99. The summed E-state index contributed by atoms with van der Waals surface area (Å²) in [6.07, 6.45) is 3.59. The van der Waals surface area contributed by atoms with Crippen LogP contribution in [0.2, 0.25) is 0 Å². The van der Waals surface area contributed by atoms with E-state index in [4.69, 9.17) is 9.47 Å². The fraction of sp³-hybridized carbons (Fsp3) is 0.393. The number of hydrogen-bond acceptors (Lipinski definition) is 9. The predicted octanol–water partition coefficient (Wildman–Crippen LogP) is 5.11. The molecule has 41 heavy (non-hydrogen) atoms. The molecule has 2 N–H and O–H groups in total. The molecule has 1 heterocycles.